The highest BCUT2D eigenvalue weighted by molar-refractivity contribution is 6.31. The zero-order valence-corrected chi connectivity index (χ0v) is 35.4. The molecule has 63 heavy (non-hydrogen) atoms. The molecule has 3 aromatic carbocycles. The second-order valence-electron chi connectivity index (χ2n) is 16.9. The van der Waals surface area contributed by atoms with Crippen LogP contribution in [0.3, 0.4) is 0 Å². The smallest absolute Gasteiger partial charge is 0.262 e. The molecule has 0 saturated carbocycles. The Morgan fingerprint density at radius 3 is 2.48 bits per heavy atom. The number of benzene rings is 3. The first-order valence-corrected chi connectivity index (χ1v) is 22.0. The third-order valence-electron chi connectivity index (χ3n) is 12.7. The minimum atomic E-state index is -0.973. The van der Waals surface area contributed by atoms with Gasteiger partial charge in [-0.3, -0.25) is 39.1 Å². The Balaban J connectivity index is 0.753. The largest absolute Gasteiger partial charge is 0.486 e. The van der Waals surface area contributed by atoms with Gasteiger partial charge in [0.1, 0.15) is 35.9 Å². The first-order chi connectivity index (χ1) is 30.6. The van der Waals surface area contributed by atoms with Gasteiger partial charge in [-0.15, -0.1) is 0 Å². The van der Waals surface area contributed by atoms with Gasteiger partial charge < -0.3 is 25.0 Å². The molecule has 4 saturated heterocycles. The molecule has 0 spiro atoms. The highest BCUT2D eigenvalue weighted by atomic mass is 35.5. The first-order valence-electron chi connectivity index (χ1n) is 21.6. The number of imide groups is 2. The van der Waals surface area contributed by atoms with Crippen LogP contribution in [0.1, 0.15) is 77.1 Å². The number of nitrogens with zero attached hydrogens (tertiary/aromatic N) is 5. The number of halogens is 2. The van der Waals surface area contributed by atoms with Crippen molar-refractivity contribution >= 4 is 69.2 Å². The predicted octanol–water partition coefficient (Wildman–Crippen LogP) is 5.82. The molecule has 1 aromatic heterocycles. The van der Waals surface area contributed by atoms with Gasteiger partial charge in [0.05, 0.1) is 40.6 Å². The van der Waals surface area contributed by atoms with Gasteiger partial charge in [-0.25, -0.2) is 14.4 Å². The van der Waals surface area contributed by atoms with Crippen LogP contribution < -0.4 is 20.7 Å². The molecular weight excluding hydrogens is 831 g/mol. The number of nitrogens with one attached hydrogen (secondary N) is 3. The summed E-state index contributed by atoms with van der Waals surface area (Å²) in [6.07, 6.45) is 9.67. The normalized spacial score (nSPS) is 21.7. The van der Waals surface area contributed by atoms with Crippen LogP contribution in [0.25, 0.3) is 10.9 Å². The second-order valence-corrected chi connectivity index (χ2v) is 17.3. The highest BCUT2D eigenvalue weighted by Gasteiger charge is 2.45. The number of hydrogen-bond acceptors (Lipinski definition) is 12. The molecule has 0 radical (unpaired) electrons. The molecule has 9 rings (SSSR count). The van der Waals surface area contributed by atoms with Crippen LogP contribution in [0, 0.1) is 11.7 Å². The molecule has 0 aliphatic carbocycles. The lowest BCUT2D eigenvalue weighted by molar-refractivity contribution is -0.136. The van der Waals surface area contributed by atoms with E-state index in [-0.39, 0.29) is 35.8 Å². The van der Waals surface area contributed by atoms with Crippen LogP contribution >= 0.6 is 11.6 Å². The van der Waals surface area contributed by atoms with Gasteiger partial charge in [0, 0.05) is 49.1 Å². The van der Waals surface area contributed by atoms with E-state index in [0.717, 1.165) is 75.3 Å². The van der Waals surface area contributed by atoms with E-state index in [1.54, 1.807) is 30.3 Å². The molecule has 5 amide bonds. The Hall–Kier alpha value is -5.81. The number of likely N-dealkylation sites (tertiary alicyclic amines) is 2. The van der Waals surface area contributed by atoms with E-state index in [9.17, 15) is 28.4 Å². The van der Waals surface area contributed by atoms with Gasteiger partial charge >= 0.3 is 0 Å². The minimum absolute atomic E-state index is 0.0231. The number of anilines is 3. The van der Waals surface area contributed by atoms with E-state index >= 15 is 0 Å². The molecule has 4 aromatic rings. The summed E-state index contributed by atoms with van der Waals surface area (Å²) in [5.41, 5.74) is 3.27. The lowest BCUT2D eigenvalue weighted by Gasteiger charge is -2.37. The summed E-state index contributed by atoms with van der Waals surface area (Å²) < 4.78 is 25.6. The monoisotopic (exact) mass is 878 g/mol. The fourth-order valence-corrected chi connectivity index (χ4v) is 9.45. The predicted molar refractivity (Wildman–Crippen MR) is 233 cm³/mol. The van der Waals surface area contributed by atoms with Crippen LogP contribution in [0.5, 0.6) is 5.75 Å². The number of carbonyl (C=O) groups excluding carboxylic acids is 5. The summed E-state index contributed by atoms with van der Waals surface area (Å²) in [6, 6.07) is 12.4. The van der Waals surface area contributed by atoms with Gasteiger partial charge in [0.15, 0.2) is 0 Å². The summed E-state index contributed by atoms with van der Waals surface area (Å²) in [6.45, 7) is 6.49. The number of ether oxygens (including phenoxy) is 2. The number of rotatable bonds is 12. The Labute approximate surface area is 368 Å². The summed E-state index contributed by atoms with van der Waals surface area (Å²) >= 11 is 6.02. The molecule has 2 atom stereocenters. The van der Waals surface area contributed by atoms with Crippen molar-refractivity contribution in [1.29, 1.82) is 0 Å². The Morgan fingerprint density at radius 2 is 1.71 bits per heavy atom. The van der Waals surface area contributed by atoms with Crippen LogP contribution in [-0.4, -0.2) is 119 Å². The lowest BCUT2D eigenvalue weighted by atomic mass is 9.87. The Kier molecular flexibility index (Phi) is 12.5. The van der Waals surface area contributed by atoms with Gasteiger partial charge in [0.25, 0.3) is 11.8 Å². The highest BCUT2D eigenvalue weighted by Crippen LogP contribution is 2.37. The molecule has 4 fully saturated rings. The van der Waals surface area contributed by atoms with Crippen molar-refractivity contribution < 1.29 is 37.8 Å². The van der Waals surface area contributed by atoms with Crippen molar-refractivity contribution in [3.8, 4) is 5.75 Å². The number of hydrogen-bond donors (Lipinski definition) is 3. The number of fused-ring (bicyclic) bond motifs is 2. The fraction of sp³-hybridized carbons (Fsp3) is 0.413. The molecule has 5 aliphatic rings. The van der Waals surface area contributed by atoms with E-state index in [1.165, 1.54) is 18.5 Å². The quantitative estimate of drug-likeness (QED) is 0.115. The Morgan fingerprint density at radius 1 is 0.921 bits per heavy atom. The summed E-state index contributed by atoms with van der Waals surface area (Å²) in [4.78, 5) is 78.7. The number of aromatic nitrogens is 2. The van der Waals surface area contributed by atoms with E-state index in [1.807, 2.05) is 18.2 Å². The van der Waals surface area contributed by atoms with Crippen molar-refractivity contribution in [1.82, 2.24) is 30.0 Å². The lowest BCUT2D eigenvalue weighted by Crippen LogP contribution is -2.54. The van der Waals surface area contributed by atoms with Crippen LogP contribution in [0.2, 0.25) is 5.02 Å². The topological polar surface area (TPSA) is 175 Å². The van der Waals surface area contributed by atoms with Crippen molar-refractivity contribution in [2.24, 2.45) is 5.92 Å². The third-order valence-corrected chi connectivity index (χ3v) is 13.0. The van der Waals surface area contributed by atoms with Crippen molar-refractivity contribution in [3.05, 3.63) is 94.5 Å². The van der Waals surface area contributed by atoms with E-state index in [4.69, 9.17) is 21.1 Å². The average Bonchev–Trinajstić information content (AvgIpc) is 3.88. The van der Waals surface area contributed by atoms with E-state index in [2.05, 4.69) is 35.7 Å². The number of carbonyl (C=O) groups is 5. The molecule has 5 aliphatic heterocycles. The van der Waals surface area contributed by atoms with Crippen molar-refractivity contribution in [3.63, 3.8) is 0 Å². The van der Waals surface area contributed by atoms with Crippen LogP contribution in [0.15, 0.2) is 67.0 Å². The number of amides is 5. The number of piperidine rings is 3. The van der Waals surface area contributed by atoms with Gasteiger partial charge in [0.2, 0.25) is 17.7 Å². The molecule has 328 valence electrons. The average molecular weight is 879 g/mol. The zero-order valence-electron chi connectivity index (χ0n) is 34.6. The SMILES string of the molecule is O=C(/C=C/CN1CCC(CN2CCC(c3ccc4c(c3)C(=O)N(C3CCC(=O)NC3=O)C4=O)CC2)CC1)Nc1cc2c(Nc3ccc(F)c(Cl)c3)ncnc2cc1O[C@H]1CCOC1. The van der Waals surface area contributed by atoms with E-state index < -0.39 is 35.5 Å². The molecule has 6 heterocycles. The Bertz CT molecular complexity index is 2480. The summed E-state index contributed by atoms with van der Waals surface area (Å²) in [5.74, 6) is -1.02. The van der Waals surface area contributed by atoms with Crippen molar-refractivity contribution in [2.45, 2.75) is 63.0 Å². The van der Waals surface area contributed by atoms with Crippen LogP contribution in [-0.2, 0) is 19.1 Å². The fourth-order valence-electron chi connectivity index (χ4n) is 9.27. The molecule has 3 N–H and O–H groups in total. The van der Waals surface area contributed by atoms with Crippen LogP contribution in [0.4, 0.5) is 21.6 Å². The zero-order chi connectivity index (χ0) is 43.6. The molecule has 15 nitrogen and oxygen atoms in total. The minimum Gasteiger partial charge on any atom is -0.486 e. The summed E-state index contributed by atoms with van der Waals surface area (Å²) in [7, 11) is 0. The van der Waals surface area contributed by atoms with Gasteiger partial charge in [-0.05, 0) is 112 Å². The standard InChI is InChI=1S/C46H48ClFN8O7/c47-35-21-30(4-6-36(35)48)51-43-34-22-38(40(23-37(34)49-26-50-43)63-31-13-19-62-25-31)52-41(57)2-1-14-54-15-9-27(10-16-54)24-55-17-11-28(12-18-55)29-3-5-32-33(20-29)46(61)56(45(32)60)39-7-8-42(58)53-44(39)59/h1-6,20-23,26-28,31,39H,7-19,24-25H2,(H,52,57)(H,49,50,51)(H,53,58,59)/b2-1+/t31-,39?/m0/s1. The maximum Gasteiger partial charge on any atom is 0.262 e. The second kappa shape index (κ2) is 18.5. The molecule has 1 unspecified atom stereocenters. The molecular formula is C46H48ClFN8O7. The van der Waals surface area contributed by atoms with E-state index in [0.29, 0.717) is 70.6 Å². The third kappa shape index (κ3) is 9.44. The first kappa shape index (κ1) is 42.5. The van der Waals surface area contributed by atoms with Gasteiger partial charge in [-0.1, -0.05) is 23.7 Å². The van der Waals surface area contributed by atoms with Crippen molar-refractivity contribution in [2.75, 3.05) is 63.1 Å². The molecule has 0 bridgehead atoms. The maximum absolute atomic E-state index is 13.8. The van der Waals surface area contributed by atoms with Gasteiger partial charge in [-0.2, -0.15) is 0 Å². The molecule has 17 heteroatoms. The maximum atomic E-state index is 13.8. The summed E-state index contributed by atoms with van der Waals surface area (Å²) in [5, 5.41) is 9.02.